The molecule has 0 amide bonds. The van der Waals surface area contributed by atoms with E-state index in [1.165, 1.54) is 0 Å². The molecule has 1 aromatic rings. The minimum Gasteiger partial charge on any atom is -0.451 e. The van der Waals surface area contributed by atoms with Crippen molar-refractivity contribution in [3.63, 3.8) is 0 Å². The Hall–Kier alpha value is 0.120. The SMILES string of the molecule is CC(C)N1CCN(C(CN)c2cc(Br)c(Br)o2)CC1. The molecule has 0 spiro atoms. The summed E-state index contributed by atoms with van der Waals surface area (Å²) in [4.78, 5) is 4.91. The van der Waals surface area contributed by atoms with Gasteiger partial charge in [-0.15, -0.1) is 0 Å². The average Bonchev–Trinajstić information content (AvgIpc) is 2.71. The Morgan fingerprint density at radius 3 is 2.21 bits per heavy atom. The minimum absolute atomic E-state index is 0.164. The molecule has 0 aromatic carbocycles. The Morgan fingerprint density at radius 2 is 1.79 bits per heavy atom. The summed E-state index contributed by atoms with van der Waals surface area (Å²) in [5, 5.41) is 0. The molecular formula is C13H21Br2N3O. The zero-order chi connectivity index (χ0) is 14.0. The van der Waals surface area contributed by atoms with E-state index in [1.54, 1.807) is 0 Å². The third-order valence-electron chi connectivity index (χ3n) is 3.74. The predicted octanol–water partition coefficient (Wildman–Crippen LogP) is 2.83. The highest BCUT2D eigenvalue weighted by Crippen LogP contribution is 2.32. The van der Waals surface area contributed by atoms with Gasteiger partial charge in [0.1, 0.15) is 5.76 Å². The van der Waals surface area contributed by atoms with E-state index >= 15 is 0 Å². The highest BCUT2D eigenvalue weighted by molar-refractivity contribution is 9.13. The number of nitrogens with two attached hydrogens (primary N) is 1. The monoisotopic (exact) mass is 393 g/mol. The Kier molecular flexibility index (Phi) is 5.48. The second kappa shape index (κ2) is 6.72. The van der Waals surface area contributed by atoms with Crippen molar-refractivity contribution in [1.82, 2.24) is 9.80 Å². The molecule has 2 heterocycles. The smallest absolute Gasteiger partial charge is 0.183 e. The van der Waals surface area contributed by atoms with E-state index in [4.69, 9.17) is 10.2 Å². The summed E-state index contributed by atoms with van der Waals surface area (Å²) < 4.78 is 7.41. The van der Waals surface area contributed by atoms with Gasteiger partial charge >= 0.3 is 0 Å². The van der Waals surface area contributed by atoms with E-state index in [0.717, 1.165) is 41.1 Å². The van der Waals surface area contributed by atoms with Crippen LogP contribution in [0.1, 0.15) is 25.6 Å². The third-order valence-corrected chi connectivity index (χ3v) is 5.45. The van der Waals surface area contributed by atoms with Gasteiger partial charge in [-0.2, -0.15) is 0 Å². The molecule has 0 radical (unpaired) electrons. The maximum atomic E-state index is 5.94. The number of hydrogen-bond donors (Lipinski definition) is 1. The molecule has 4 nitrogen and oxygen atoms in total. The molecule has 1 fully saturated rings. The summed E-state index contributed by atoms with van der Waals surface area (Å²) in [6.07, 6.45) is 0. The van der Waals surface area contributed by atoms with Crippen molar-refractivity contribution in [2.24, 2.45) is 5.73 Å². The Labute approximate surface area is 131 Å². The van der Waals surface area contributed by atoms with Crippen LogP contribution in [0.25, 0.3) is 0 Å². The van der Waals surface area contributed by atoms with Crippen molar-refractivity contribution in [3.05, 3.63) is 21.0 Å². The maximum absolute atomic E-state index is 5.94. The summed E-state index contributed by atoms with van der Waals surface area (Å²) in [5.41, 5.74) is 5.94. The van der Waals surface area contributed by atoms with Gasteiger partial charge in [-0.25, -0.2) is 0 Å². The molecule has 2 rings (SSSR count). The zero-order valence-electron chi connectivity index (χ0n) is 11.4. The van der Waals surface area contributed by atoms with Crippen LogP contribution in [0.2, 0.25) is 0 Å². The Balaban J connectivity index is 2.03. The number of hydrogen-bond acceptors (Lipinski definition) is 4. The average molecular weight is 395 g/mol. The molecule has 1 aromatic heterocycles. The van der Waals surface area contributed by atoms with Crippen molar-refractivity contribution in [1.29, 1.82) is 0 Å². The van der Waals surface area contributed by atoms with Gasteiger partial charge in [0, 0.05) is 38.8 Å². The summed E-state index contributed by atoms with van der Waals surface area (Å²) in [6.45, 7) is 9.34. The van der Waals surface area contributed by atoms with E-state index in [2.05, 4.69) is 55.5 Å². The van der Waals surface area contributed by atoms with Crippen LogP contribution in [0.5, 0.6) is 0 Å². The molecular weight excluding hydrogens is 374 g/mol. The van der Waals surface area contributed by atoms with Gasteiger partial charge in [0.15, 0.2) is 4.67 Å². The van der Waals surface area contributed by atoms with Crippen LogP contribution in [0, 0.1) is 0 Å². The highest BCUT2D eigenvalue weighted by Gasteiger charge is 2.27. The minimum atomic E-state index is 0.164. The van der Waals surface area contributed by atoms with Crippen LogP contribution in [-0.4, -0.2) is 48.6 Å². The third kappa shape index (κ3) is 3.61. The maximum Gasteiger partial charge on any atom is 0.183 e. The van der Waals surface area contributed by atoms with Gasteiger partial charge in [-0.3, -0.25) is 9.80 Å². The first-order valence-electron chi connectivity index (χ1n) is 6.65. The van der Waals surface area contributed by atoms with Gasteiger partial charge < -0.3 is 10.2 Å². The summed E-state index contributed by atoms with van der Waals surface area (Å²) in [6, 6.07) is 2.79. The van der Waals surface area contributed by atoms with Gasteiger partial charge in [-0.05, 0) is 51.8 Å². The fourth-order valence-electron chi connectivity index (χ4n) is 2.54. The number of piperazine rings is 1. The first-order chi connectivity index (χ1) is 9.02. The Morgan fingerprint density at radius 1 is 1.21 bits per heavy atom. The predicted molar refractivity (Wildman–Crippen MR) is 84.2 cm³/mol. The molecule has 0 saturated carbocycles. The van der Waals surface area contributed by atoms with E-state index in [0.29, 0.717) is 12.6 Å². The topological polar surface area (TPSA) is 45.6 Å². The van der Waals surface area contributed by atoms with Gasteiger partial charge in [-0.1, -0.05) is 0 Å². The van der Waals surface area contributed by atoms with Crippen LogP contribution < -0.4 is 5.73 Å². The highest BCUT2D eigenvalue weighted by atomic mass is 79.9. The van der Waals surface area contributed by atoms with E-state index in [1.807, 2.05) is 6.07 Å². The van der Waals surface area contributed by atoms with E-state index < -0.39 is 0 Å². The molecule has 19 heavy (non-hydrogen) atoms. The van der Waals surface area contributed by atoms with Crippen molar-refractivity contribution >= 4 is 31.9 Å². The first-order valence-corrected chi connectivity index (χ1v) is 8.24. The second-order valence-electron chi connectivity index (χ2n) is 5.19. The van der Waals surface area contributed by atoms with Gasteiger partial charge in [0.25, 0.3) is 0 Å². The normalized spacial score (nSPS) is 20.1. The number of rotatable bonds is 4. The lowest BCUT2D eigenvalue weighted by Gasteiger charge is -2.39. The molecule has 6 heteroatoms. The first kappa shape index (κ1) is 15.5. The van der Waals surface area contributed by atoms with Crippen molar-refractivity contribution in [2.75, 3.05) is 32.7 Å². The summed E-state index contributed by atoms with van der Waals surface area (Å²) in [5.74, 6) is 0.930. The number of halogens is 2. The number of nitrogens with zero attached hydrogens (tertiary/aromatic N) is 2. The second-order valence-corrected chi connectivity index (χ2v) is 6.76. The van der Waals surface area contributed by atoms with Crippen LogP contribution >= 0.6 is 31.9 Å². The molecule has 1 unspecified atom stereocenters. The summed E-state index contributed by atoms with van der Waals surface area (Å²) in [7, 11) is 0. The fourth-order valence-corrected chi connectivity index (χ4v) is 3.15. The van der Waals surface area contributed by atoms with Crippen LogP contribution in [0.3, 0.4) is 0 Å². The standard InChI is InChI=1S/C13H21Br2N3O/c1-9(2)17-3-5-18(6-4-17)11(8-16)12-7-10(14)13(15)19-12/h7,9,11H,3-6,8,16H2,1-2H3. The van der Waals surface area contributed by atoms with Crippen LogP contribution in [-0.2, 0) is 0 Å². The van der Waals surface area contributed by atoms with Gasteiger partial charge in [0.05, 0.1) is 10.5 Å². The lowest BCUT2D eigenvalue weighted by atomic mass is 10.1. The zero-order valence-corrected chi connectivity index (χ0v) is 14.6. The lowest BCUT2D eigenvalue weighted by Crippen LogP contribution is -2.50. The molecule has 2 N–H and O–H groups in total. The molecule has 0 aliphatic carbocycles. The quantitative estimate of drug-likeness (QED) is 0.852. The molecule has 0 bridgehead atoms. The number of furan rings is 1. The summed E-state index contributed by atoms with van der Waals surface area (Å²) >= 11 is 6.84. The molecule has 1 atom stereocenters. The Bertz CT molecular complexity index is 395. The van der Waals surface area contributed by atoms with Crippen LogP contribution in [0.4, 0.5) is 0 Å². The largest absolute Gasteiger partial charge is 0.451 e. The van der Waals surface area contributed by atoms with E-state index in [9.17, 15) is 0 Å². The molecule has 1 aliphatic heterocycles. The van der Waals surface area contributed by atoms with Crippen molar-refractivity contribution in [3.8, 4) is 0 Å². The van der Waals surface area contributed by atoms with E-state index in [-0.39, 0.29) is 6.04 Å². The molecule has 1 aliphatic rings. The van der Waals surface area contributed by atoms with Crippen molar-refractivity contribution < 1.29 is 4.42 Å². The lowest BCUT2D eigenvalue weighted by molar-refractivity contribution is 0.0727. The van der Waals surface area contributed by atoms with Crippen molar-refractivity contribution in [2.45, 2.75) is 25.9 Å². The van der Waals surface area contributed by atoms with Gasteiger partial charge in [0.2, 0.25) is 0 Å². The van der Waals surface area contributed by atoms with Crippen LogP contribution in [0.15, 0.2) is 19.6 Å². The molecule has 108 valence electrons. The fraction of sp³-hybridized carbons (Fsp3) is 0.692. The molecule has 1 saturated heterocycles.